The molecule has 0 spiro atoms. The minimum atomic E-state index is -3.84. The van der Waals surface area contributed by atoms with Gasteiger partial charge in [-0.2, -0.15) is 0 Å². The minimum Gasteiger partial charge on any atom is -0.493 e. The molecule has 2 aromatic heterocycles. The fraction of sp³-hybridized carbons (Fsp3) is 0.222. The molecule has 0 radical (unpaired) electrons. The summed E-state index contributed by atoms with van der Waals surface area (Å²) < 4.78 is 37.4. The first-order valence-electron chi connectivity index (χ1n) is 8.15. The van der Waals surface area contributed by atoms with Crippen LogP contribution in [0.1, 0.15) is 15.9 Å². The van der Waals surface area contributed by atoms with E-state index in [0.717, 1.165) is 9.04 Å². The quantitative estimate of drug-likeness (QED) is 0.662. The molecule has 3 rings (SSSR count). The molecule has 0 atom stereocenters. The van der Waals surface area contributed by atoms with Gasteiger partial charge in [0, 0.05) is 37.9 Å². The highest BCUT2D eigenvalue weighted by Crippen LogP contribution is 2.34. The molecule has 0 bridgehead atoms. The number of benzene rings is 1. The fourth-order valence-corrected chi connectivity index (χ4v) is 3.43. The van der Waals surface area contributed by atoms with Crippen molar-refractivity contribution in [1.82, 2.24) is 9.04 Å². The Hall–Kier alpha value is -3.11. The Morgan fingerprint density at radius 2 is 2.00 bits per heavy atom. The predicted octanol–water partition coefficient (Wildman–Crippen LogP) is 1.78. The second kappa shape index (κ2) is 7.13. The van der Waals surface area contributed by atoms with Crippen LogP contribution in [0.15, 0.2) is 51.2 Å². The maximum Gasteiger partial charge on any atom is 0.278 e. The van der Waals surface area contributed by atoms with Gasteiger partial charge in [-0.3, -0.25) is 4.79 Å². The zero-order valence-electron chi connectivity index (χ0n) is 15.7. The van der Waals surface area contributed by atoms with E-state index in [9.17, 15) is 18.4 Å². The van der Waals surface area contributed by atoms with Crippen LogP contribution in [0.3, 0.4) is 0 Å². The second-order valence-electron chi connectivity index (χ2n) is 6.22. The molecule has 0 fully saturated rings. The third kappa shape index (κ3) is 3.39. The smallest absolute Gasteiger partial charge is 0.278 e. The summed E-state index contributed by atoms with van der Waals surface area (Å²) in [5, 5.41) is 9.77. The number of sulfonamides is 1. The van der Waals surface area contributed by atoms with Crippen molar-refractivity contribution < 1.29 is 27.6 Å². The average molecular weight is 405 g/mol. The van der Waals surface area contributed by atoms with E-state index in [0.29, 0.717) is 16.7 Å². The number of nitrogens with zero attached hydrogens (tertiary/aromatic N) is 3. The summed E-state index contributed by atoms with van der Waals surface area (Å²) in [6.07, 6.45) is 2.76. The van der Waals surface area contributed by atoms with Gasteiger partial charge in [-0.05, 0) is 30.7 Å². The topological polar surface area (TPSA) is 114 Å². The molecule has 0 aliphatic rings. The highest BCUT2D eigenvalue weighted by atomic mass is 32.2. The summed E-state index contributed by atoms with van der Waals surface area (Å²) in [6.45, 7) is 1.70. The maximum absolute atomic E-state index is 12.8. The van der Waals surface area contributed by atoms with E-state index in [1.54, 1.807) is 6.92 Å². The third-order valence-corrected chi connectivity index (χ3v) is 5.82. The molecule has 10 heteroatoms. The van der Waals surface area contributed by atoms with Crippen molar-refractivity contribution in [3.63, 3.8) is 0 Å². The number of carbonyl (C=O) groups excluding carboxylic acids is 1. The number of fused-ring (bicyclic) bond motifs is 1. The van der Waals surface area contributed by atoms with Crippen LogP contribution < -0.4 is 10.1 Å². The number of amides is 1. The lowest BCUT2D eigenvalue weighted by atomic mass is 10.1. The lowest BCUT2D eigenvalue weighted by Crippen LogP contribution is -2.21. The molecular formula is C18H19N3O6S. The number of pyridine rings is 1. The van der Waals surface area contributed by atoms with Gasteiger partial charge in [0.2, 0.25) is 5.09 Å². The highest BCUT2D eigenvalue weighted by Gasteiger charge is 2.25. The van der Waals surface area contributed by atoms with Gasteiger partial charge < -0.3 is 14.4 Å². The van der Waals surface area contributed by atoms with E-state index in [1.165, 1.54) is 57.9 Å². The number of aromatic nitrogens is 1. The van der Waals surface area contributed by atoms with Crippen LogP contribution in [-0.2, 0) is 10.0 Å². The first-order valence-corrected chi connectivity index (χ1v) is 9.59. The summed E-state index contributed by atoms with van der Waals surface area (Å²) in [6, 6.07) is 5.79. The minimum absolute atomic E-state index is 0.141. The number of furan rings is 1. The van der Waals surface area contributed by atoms with E-state index < -0.39 is 15.9 Å². The fourth-order valence-electron chi connectivity index (χ4n) is 2.61. The number of aryl methyl sites for hydroxylation is 1. The van der Waals surface area contributed by atoms with E-state index in [2.05, 4.69) is 4.99 Å². The van der Waals surface area contributed by atoms with Gasteiger partial charge in [-0.15, -0.1) is 0 Å². The van der Waals surface area contributed by atoms with Crippen molar-refractivity contribution in [2.45, 2.75) is 12.0 Å². The molecule has 0 saturated carbocycles. The molecule has 0 saturated heterocycles. The van der Waals surface area contributed by atoms with Crippen LogP contribution in [0.4, 0.5) is 0 Å². The lowest BCUT2D eigenvalue weighted by Gasteiger charge is -2.07. The van der Waals surface area contributed by atoms with Gasteiger partial charge in [0.05, 0.1) is 18.0 Å². The molecule has 2 heterocycles. The summed E-state index contributed by atoms with van der Waals surface area (Å²) >= 11 is 0. The van der Waals surface area contributed by atoms with Gasteiger partial charge in [0.15, 0.2) is 11.3 Å². The highest BCUT2D eigenvalue weighted by molar-refractivity contribution is 7.89. The van der Waals surface area contributed by atoms with Crippen LogP contribution in [0, 0.1) is 6.92 Å². The number of ether oxygens (including phenoxy) is 1. The SMILES string of the molecule is COc1ccc(C(=O)N=c2ccn(O)cc2C)c2cc(S(=O)(=O)N(C)C)oc12. The molecule has 148 valence electrons. The van der Waals surface area contributed by atoms with Crippen LogP contribution in [-0.4, -0.2) is 49.8 Å². The van der Waals surface area contributed by atoms with E-state index in [4.69, 9.17) is 9.15 Å². The number of methoxy groups -OCH3 is 1. The molecule has 28 heavy (non-hydrogen) atoms. The number of rotatable bonds is 4. The number of hydrogen-bond donors (Lipinski definition) is 1. The van der Waals surface area contributed by atoms with E-state index in [-0.39, 0.29) is 21.6 Å². The third-order valence-electron chi connectivity index (χ3n) is 4.15. The Labute approximate surface area is 161 Å². The molecule has 0 aliphatic carbocycles. The number of carbonyl (C=O) groups is 1. The summed E-state index contributed by atoms with van der Waals surface area (Å²) in [7, 11) is 0.343. The van der Waals surface area contributed by atoms with Crippen molar-refractivity contribution in [3.05, 3.63) is 53.1 Å². The van der Waals surface area contributed by atoms with E-state index >= 15 is 0 Å². The summed E-state index contributed by atoms with van der Waals surface area (Å²) in [5.74, 6) is -0.287. The standard InChI is InChI=1S/C18H19N3O6S/c1-11-10-21(23)8-7-14(11)19-18(22)12-5-6-15(26-4)17-13(12)9-16(27-17)28(24,25)20(2)3/h5-10,23H,1-4H3. The molecule has 1 amide bonds. The van der Waals surface area contributed by atoms with E-state index in [1.807, 2.05) is 0 Å². The monoisotopic (exact) mass is 405 g/mol. The zero-order valence-corrected chi connectivity index (χ0v) is 16.5. The van der Waals surface area contributed by atoms with Crippen molar-refractivity contribution >= 4 is 26.9 Å². The van der Waals surface area contributed by atoms with Crippen molar-refractivity contribution in [2.75, 3.05) is 21.2 Å². The Bertz CT molecular complexity index is 1240. The van der Waals surface area contributed by atoms with Gasteiger partial charge in [-0.25, -0.2) is 22.4 Å². The molecule has 1 aromatic carbocycles. The average Bonchev–Trinajstić information content (AvgIpc) is 3.09. The largest absolute Gasteiger partial charge is 0.493 e. The van der Waals surface area contributed by atoms with Crippen LogP contribution in [0.5, 0.6) is 5.75 Å². The Kier molecular flexibility index (Phi) is 5.01. The second-order valence-corrected chi connectivity index (χ2v) is 8.30. The lowest BCUT2D eigenvalue weighted by molar-refractivity contribution is 0.0999. The normalized spacial score (nSPS) is 12.7. The van der Waals surface area contributed by atoms with Crippen molar-refractivity contribution in [1.29, 1.82) is 0 Å². The van der Waals surface area contributed by atoms with Crippen LogP contribution >= 0.6 is 0 Å². The zero-order chi connectivity index (χ0) is 20.6. The molecule has 1 N–H and O–H groups in total. The van der Waals surface area contributed by atoms with Crippen LogP contribution in [0.2, 0.25) is 0 Å². The first kappa shape index (κ1) is 19.6. The van der Waals surface area contributed by atoms with Gasteiger partial charge >= 0.3 is 0 Å². The molecule has 0 aliphatic heterocycles. The summed E-state index contributed by atoms with van der Waals surface area (Å²) in [4.78, 5) is 16.9. The Morgan fingerprint density at radius 3 is 2.61 bits per heavy atom. The van der Waals surface area contributed by atoms with Gasteiger partial charge in [0.1, 0.15) is 0 Å². The Balaban J connectivity index is 2.21. The Morgan fingerprint density at radius 1 is 1.29 bits per heavy atom. The summed E-state index contributed by atoms with van der Waals surface area (Å²) in [5.41, 5.74) is 0.896. The first-order chi connectivity index (χ1) is 13.1. The number of hydrogen-bond acceptors (Lipinski definition) is 6. The van der Waals surface area contributed by atoms with Crippen molar-refractivity contribution in [3.8, 4) is 5.75 Å². The van der Waals surface area contributed by atoms with Gasteiger partial charge in [-0.1, -0.05) is 0 Å². The predicted molar refractivity (Wildman–Crippen MR) is 99.9 cm³/mol. The van der Waals surface area contributed by atoms with Crippen molar-refractivity contribution in [2.24, 2.45) is 4.99 Å². The molecule has 0 unspecified atom stereocenters. The maximum atomic E-state index is 12.8. The molecule has 9 nitrogen and oxygen atoms in total. The molecule has 3 aromatic rings. The van der Waals surface area contributed by atoms with Gasteiger partial charge in [0.25, 0.3) is 15.9 Å². The van der Waals surface area contributed by atoms with Crippen LogP contribution in [0.25, 0.3) is 11.0 Å². The molecular weight excluding hydrogens is 386 g/mol.